The lowest BCUT2D eigenvalue weighted by Crippen LogP contribution is -2.44. The molecule has 1 N–H and O–H groups in total. The first kappa shape index (κ1) is 15.8. The summed E-state index contributed by atoms with van der Waals surface area (Å²) < 4.78 is 5.43. The highest BCUT2D eigenvalue weighted by Crippen LogP contribution is 2.20. The number of terminal acetylenes is 1. The Hall–Kier alpha value is -1.21. The zero-order valence-electron chi connectivity index (χ0n) is 12.4. The fourth-order valence-electron chi connectivity index (χ4n) is 2.19. The molecule has 4 heteroatoms. The van der Waals surface area contributed by atoms with Crippen molar-refractivity contribution in [1.29, 1.82) is 0 Å². The third-order valence-electron chi connectivity index (χ3n) is 3.06. The quantitative estimate of drug-likeness (QED) is 0.613. The Morgan fingerprint density at radius 1 is 1.53 bits per heavy atom. The first-order valence-electron chi connectivity index (χ1n) is 7.08. The van der Waals surface area contributed by atoms with E-state index >= 15 is 0 Å². The molecule has 1 heterocycles. The fraction of sp³-hybridized carbons (Fsp3) is 0.800. The third kappa shape index (κ3) is 5.98. The van der Waals surface area contributed by atoms with Crippen molar-refractivity contribution in [1.82, 2.24) is 10.2 Å². The van der Waals surface area contributed by atoms with Crippen molar-refractivity contribution in [2.75, 3.05) is 19.6 Å². The van der Waals surface area contributed by atoms with Gasteiger partial charge in [-0.05, 0) is 46.6 Å². The van der Waals surface area contributed by atoms with Gasteiger partial charge in [-0.3, -0.25) is 0 Å². The zero-order chi connectivity index (χ0) is 14.3. The van der Waals surface area contributed by atoms with Crippen LogP contribution in [0.2, 0.25) is 0 Å². The van der Waals surface area contributed by atoms with Crippen LogP contribution in [-0.2, 0) is 4.74 Å². The summed E-state index contributed by atoms with van der Waals surface area (Å²) in [5.41, 5.74) is -0.426. The van der Waals surface area contributed by atoms with Gasteiger partial charge in [-0.2, -0.15) is 0 Å². The number of amides is 1. The maximum atomic E-state index is 12.1. The van der Waals surface area contributed by atoms with Gasteiger partial charge in [-0.15, -0.1) is 12.3 Å². The van der Waals surface area contributed by atoms with Crippen molar-refractivity contribution in [3.05, 3.63) is 0 Å². The van der Waals surface area contributed by atoms with Gasteiger partial charge in [0.05, 0.1) is 0 Å². The molecule has 1 saturated heterocycles. The summed E-state index contributed by atoms with van der Waals surface area (Å²) in [4.78, 5) is 13.9. The Morgan fingerprint density at radius 2 is 2.26 bits per heavy atom. The Bertz CT molecular complexity index is 328. The molecule has 0 radical (unpaired) electrons. The molecule has 1 amide bonds. The third-order valence-corrected chi connectivity index (χ3v) is 3.06. The van der Waals surface area contributed by atoms with Crippen LogP contribution in [0.3, 0.4) is 0 Å². The van der Waals surface area contributed by atoms with Gasteiger partial charge in [0.1, 0.15) is 5.60 Å². The van der Waals surface area contributed by atoms with E-state index in [1.165, 1.54) is 0 Å². The van der Waals surface area contributed by atoms with Gasteiger partial charge in [-0.1, -0.05) is 0 Å². The van der Waals surface area contributed by atoms with Gasteiger partial charge in [0, 0.05) is 25.6 Å². The molecule has 0 aromatic carbocycles. The molecule has 0 aromatic rings. The van der Waals surface area contributed by atoms with E-state index < -0.39 is 5.60 Å². The number of likely N-dealkylation sites (tertiary alicyclic amines) is 1. The zero-order valence-corrected chi connectivity index (χ0v) is 12.4. The van der Waals surface area contributed by atoms with E-state index in [4.69, 9.17) is 11.2 Å². The van der Waals surface area contributed by atoms with E-state index in [0.29, 0.717) is 0 Å². The minimum Gasteiger partial charge on any atom is -0.444 e. The molecule has 108 valence electrons. The molecule has 1 atom stereocenters. The van der Waals surface area contributed by atoms with Gasteiger partial charge in [0.15, 0.2) is 0 Å². The summed E-state index contributed by atoms with van der Waals surface area (Å²) in [6, 6.07) is 0.251. The average molecular weight is 266 g/mol. The summed E-state index contributed by atoms with van der Waals surface area (Å²) in [5.74, 6) is 2.62. The van der Waals surface area contributed by atoms with Crippen LogP contribution in [0.4, 0.5) is 4.79 Å². The number of nitrogens with one attached hydrogen (secondary N) is 1. The van der Waals surface area contributed by atoms with Crippen molar-refractivity contribution in [3.63, 3.8) is 0 Å². The number of carbonyl (C=O) groups is 1. The van der Waals surface area contributed by atoms with Crippen molar-refractivity contribution < 1.29 is 9.53 Å². The molecule has 1 aliphatic rings. The van der Waals surface area contributed by atoms with Gasteiger partial charge in [0.25, 0.3) is 0 Å². The molecule has 4 nitrogen and oxygen atoms in total. The highest BCUT2D eigenvalue weighted by molar-refractivity contribution is 5.69. The van der Waals surface area contributed by atoms with Gasteiger partial charge >= 0.3 is 6.09 Å². The summed E-state index contributed by atoms with van der Waals surface area (Å²) in [5, 5.41) is 3.36. The average Bonchev–Trinajstić information content (AvgIpc) is 2.75. The molecular weight excluding hydrogens is 240 g/mol. The fourth-order valence-corrected chi connectivity index (χ4v) is 2.19. The molecule has 0 aromatic heterocycles. The lowest BCUT2D eigenvalue weighted by Gasteiger charge is -2.28. The lowest BCUT2D eigenvalue weighted by atomic mass is 10.2. The summed E-state index contributed by atoms with van der Waals surface area (Å²) >= 11 is 0. The predicted molar refractivity (Wildman–Crippen MR) is 76.9 cm³/mol. The second-order valence-electron chi connectivity index (χ2n) is 5.98. The number of hydrogen-bond donors (Lipinski definition) is 1. The standard InChI is InChI=1S/C15H26N2O2/c1-5-6-7-10-16-12-13-9-8-11-17(13)14(18)19-15(2,3)4/h1,13,16H,6-12H2,2-4H3. The topological polar surface area (TPSA) is 41.6 Å². The predicted octanol–water partition coefficient (Wildman–Crippen LogP) is 2.39. The van der Waals surface area contributed by atoms with E-state index in [-0.39, 0.29) is 12.1 Å². The molecule has 1 rings (SSSR count). The monoisotopic (exact) mass is 266 g/mol. The van der Waals surface area contributed by atoms with Crippen LogP contribution in [0.1, 0.15) is 46.5 Å². The molecule has 1 unspecified atom stereocenters. The normalized spacial score (nSPS) is 19.3. The van der Waals surface area contributed by atoms with E-state index in [9.17, 15) is 4.79 Å². The van der Waals surface area contributed by atoms with Crippen LogP contribution in [0, 0.1) is 12.3 Å². The van der Waals surface area contributed by atoms with Crippen LogP contribution in [0.15, 0.2) is 0 Å². The van der Waals surface area contributed by atoms with E-state index in [2.05, 4.69) is 11.2 Å². The minimum absolute atomic E-state index is 0.194. The number of rotatable bonds is 5. The molecule has 0 aliphatic carbocycles. The van der Waals surface area contributed by atoms with Crippen molar-refractivity contribution in [3.8, 4) is 12.3 Å². The first-order chi connectivity index (χ1) is 8.94. The Kier molecular flexibility index (Phi) is 6.17. The van der Waals surface area contributed by atoms with E-state index in [0.717, 1.165) is 45.3 Å². The van der Waals surface area contributed by atoms with Gasteiger partial charge < -0.3 is 15.0 Å². The number of ether oxygens (including phenoxy) is 1. The number of unbranched alkanes of at least 4 members (excludes halogenated alkanes) is 1. The van der Waals surface area contributed by atoms with Gasteiger partial charge in [-0.25, -0.2) is 4.79 Å². The summed E-state index contributed by atoms with van der Waals surface area (Å²) in [6.07, 6.45) is 8.89. The Balaban J connectivity index is 2.33. The lowest BCUT2D eigenvalue weighted by molar-refractivity contribution is 0.0227. The number of carbonyl (C=O) groups excluding carboxylic acids is 1. The van der Waals surface area contributed by atoms with Crippen molar-refractivity contribution in [2.24, 2.45) is 0 Å². The van der Waals surface area contributed by atoms with E-state index in [1.807, 2.05) is 25.7 Å². The molecule has 0 bridgehead atoms. The van der Waals surface area contributed by atoms with Crippen LogP contribution < -0.4 is 5.32 Å². The molecule has 19 heavy (non-hydrogen) atoms. The summed E-state index contributed by atoms with van der Waals surface area (Å²) in [6.45, 7) is 8.22. The smallest absolute Gasteiger partial charge is 0.410 e. The molecular formula is C15H26N2O2. The van der Waals surface area contributed by atoms with E-state index in [1.54, 1.807) is 0 Å². The Labute approximate surface area is 116 Å². The molecule has 1 aliphatic heterocycles. The van der Waals surface area contributed by atoms with Crippen LogP contribution in [0.25, 0.3) is 0 Å². The maximum absolute atomic E-state index is 12.1. The minimum atomic E-state index is -0.426. The number of hydrogen-bond acceptors (Lipinski definition) is 3. The molecule has 0 saturated carbocycles. The Morgan fingerprint density at radius 3 is 2.89 bits per heavy atom. The van der Waals surface area contributed by atoms with Crippen LogP contribution in [0.5, 0.6) is 0 Å². The summed E-state index contributed by atoms with van der Waals surface area (Å²) in [7, 11) is 0. The van der Waals surface area contributed by atoms with Crippen LogP contribution >= 0.6 is 0 Å². The van der Waals surface area contributed by atoms with Crippen molar-refractivity contribution >= 4 is 6.09 Å². The second-order valence-corrected chi connectivity index (χ2v) is 5.98. The molecule has 0 spiro atoms. The van der Waals surface area contributed by atoms with Crippen LogP contribution in [-0.4, -0.2) is 42.3 Å². The van der Waals surface area contributed by atoms with Gasteiger partial charge in [0.2, 0.25) is 0 Å². The van der Waals surface area contributed by atoms with Crippen molar-refractivity contribution in [2.45, 2.75) is 58.1 Å². The maximum Gasteiger partial charge on any atom is 0.410 e. The number of nitrogens with zero attached hydrogens (tertiary/aromatic N) is 1. The SMILES string of the molecule is C#CCCCNCC1CCCN1C(=O)OC(C)(C)C. The first-order valence-corrected chi connectivity index (χ1v) is 7.08. The highest BCUT2D eigenvalue weighted by atomic mass is 16.6. The highest BCUT2D eigenvalue weighted by Gasteiger charge is 2.31. The molecule has 1 fully saturated rings. The largest absolute Gasteiger partial charge is 0.444 e. The second kappa shape index (κ2) is 7.40.